The van der Waals surface area contributed by atoms with Crippen molar-refractivity contribution in [3.63, 3.8) is 0 Å². The van der Waals surface area contributed by atoms with Crippen LogP contribution in [-0.4, -0.2) is 19.4 Å². The molecule has 2 heterocycles. The van der Waals surface area contributed by atoms with Gasteiger partial charge in [0.05, 0.1) is 17.2 Å². The van der Waals surface area contributed by atoms with Crippen LogP contribution in [0.3, 0.4) is 0 Å². The van der Waals surface area contributed by atoms with Crippen LogP contribution in [0.1, 0.15) is 18.1 Å². The van der Waals surface area contributed by atoms with Crippen molar-refractivity contribution in [2.75, 3.05) is 0 Å². The summed E-state index contributed by atoms with van der Waals surface area (Å²) in [4.78, 5) is 4.56. The van der Waals surface area contributed by atoms with Crippen molar-refractivity contribution in [3.05, 3.63) is 60.7 Å². The van der Waals surface area contributed by atoms with E-state index < -0.39 is 22.5 Å². The predicted octanol–water partition coefficient (Wildman–Crippen LogP) is 3.32. The number of hydrogen-bond donors (Lipinski definition) is 1. The third-order valence-corrected chi connectivity index (χ3v) is 5.16. The number of halogens is 2. The fourth-order valence-corrected chi connectivity index (χ4v) is 4.22. The molecule has 2 unspecified atom stereocenters. The van der Waals surface area contributed by atoms with Crippen LogP contribution in [0.25, 0.3) is 0 Å². The van der Waals surface area contributed by atoms with Crippen molar-refractivity contribution < 1.29 is 13.9 Å². The Kier molecular flexibility index (Phi) is 3.59. The van der Waals surface area contributed by atoms with E-state index in [1.165, 1.54) is 11.8 Å². The minimum absolute atomic E-state index is 0.431. The summed E-state index contributed by atoms with van der Waals surface area (Å²) in [6.07, 6.45) is 6.43. The van der Waals surface area contributed by atoms with E-state index in [2.05, 4.69) is 11.6 Å². The number of aliphatic hydroxyl groups excluding tert-OH is 1. The fraction of sp³-hybridized carbons (Fsp3) is 0.267. The highest BCUT2D eigenvalue weighted by atomic mass is 32.2. The number of aliphatic hydroxyl groups is 1. The van der Waals surface area contributed by atoms with Crippen molar-refractivity contribution in [2.24, 2.45) is 0 Å². The largest absolute Gasteiger partial charge is 0.387 e. The Morgan fingerprint density at radius 1 is 1.43 bits per heavy atom. The number of thioether (sulfide) groups is 1. The molecule has 0 saturated carbocycles. The summed E-state index contributed by atoms with van der Waals surface area (Å²) in [5, 5.41) is 10.6. The van der Waals surface area contributed by atoms with E-state index in [0.29, 0.717) is 23.4 Å². The average Bonchev–Trinajstić information content (AvgIpc) is 3.02. The standard InChI is InChI=1S/C15H14F2N2OS/c1-2-3-15(8-19-5-4-18-9-19)14(20)10-6-11(16)12(17)7-13(10)21-15/h2,4-7,9,14,20H,1,3,8H2. The molecule has 0 aliphatic carbocycles. The van der Waals surface area contributed by atoms with Crippen molar-refractivity contribution in [3.8, 4) is 0 Å². The molecule has 110 valence electrons. The third-order valence-electron chi connectivity index (χ3n) is 3.66. The summed E-state index contributed by atoms with van der Waals surface area (Å²) < 4.78 is 28.1. The van der Waals surface area contributed by atoms with Crippen LogP contribution < -0.4 is 0 Å². The maximum Gasteiger partial charge on any atom is 0.159 e. The maximum absolute atomic E-state index is 13.4. The van der Waals surface area contributed by atoms with Gasteiger partial charge in [0.1, 0.15) is 0 Å². The van der Waals surface area contributed by atoms with E-state index in [9.17, 15) is 13.9 Å². The molecule has 21 heavy (non-hydrogen) atoms. The Morgan fingerprint density at radius 2 is 2.19 bits per heavy atom. The van der Waals surface area contributed by atoms with Gasteiger partial charge in [-0.1, -0.05) is 6.08 Å². The van der Waals surface area contributed by atoms with Crippen LogP contribution in [-0.2, 0) is 6.54 Å². The van der Waals surface area contributed by atoms with Crippen molar-refractivity contribution in [1.29, 1.82) is 0 Å². The lowest BCUT2D eigenvalue weighted by atomic mass is 9.92. The normalized spacial score (nSPS) is 24.0. The fourth-order valence-electron chi connectivity index (χ4n) is 2.67. The van der Waals surface area contributed by atoms with Gasteiger partial charge in [-0.05, 0) is 24.1 Å². The first-order valence-electron chi connectivity index (χ1n) is 6.48. The molecule has 2 atom stereocenters. The molecule has 1 aliphatic rings. The quantitative estimate of drug-likeness (QED) is 0.881. The Labute approximate surface area is 125 Å². The van der Waals surface area contributed by atoms with E-state index in [0.717, 1.165) is 12.1 Å². The van der Waals surface area contributed by atoms with Gasteiger partial charge in [0.15, 0.2) is 11.6 Å². The van der Waals surface area contributed by atoms with E-state index >= 15 is 0 Å². The summed E-state index contributed by atoms with van der Waals surface area (Å²) in [6, 6.07) is 2.23. The molecule has 6 heteroatoms. The van der Waals surface area contributed by atoms with Crippen LogP contribution >= 0.6 is 11.8 Å². The van der Waals surface area contributed by atoms with Crippen LogP contribution in [0.5, 0.6) is 0 Å². The molecular weight excluding hydrogens is 294 g/mol. The highest BCUT2D eigenvalue weighted by Gasteiger charge is 2.46. The molecule has 0 saturated heterocycles. The lowest BCUT2D eigenvalue weighted by Crippen LogP contribution is -2.33. The van der Waals surface area contributed by atoms with Gasteiger partial charge < -0.3 is 9.67 Å². The summed E-state index contributed by atoms with van der Waals surface area (Å²) >= 11 is 1.36. The molecule has 1 aromatic heterocycles. The van der Waals surface area contributed by atoms with Crippen LogP contribution in [0.4, 0.5) is 8.78 Å². The van der Waals surface area contributed by atoms with Gasteiger partial charge in [-0.3, -0.25) is 0 Å². The summed E-state index contributed by atoms with van der Waals surface area (Å²) in [6.45, 7) is 4.21. The molecule has 1 aliphatic heterocycles. The van der Waals surface area contributed by atoms with Gasteiger partial charge in [0.25, 0.3) is 0 Å². The van der Waals surface area contributed by atoms with Crippen molar-refractivity contribution in [1.82, 2.24) is 9.55 Å². The first-order chi connectivity index (χ1) is 10.1. The Balaban J connectivity index is 2.01. The van der Waals surface area contributed by atoms with E-state index in [-0.39, 0.29) is 0 Å². The highest BCUT2D eigenvalue weighted by Crippen LogP contribution is 2.55. The minimum atomic E-state index is -0.939. The second-order valence-electron chi connectivity index (χ2n) is 5.10. The maximum atomic E-state index is 13.4. The molecule has 1 aromatic carbocycles. The number of allylic oxidation sites excluding steroid dienone is 1. The van der Waals surface area contributed by atoms with Gasteiger partial charge in [-0.2, -0.15) is 0 Å². The molecule has 1 N–H and O–H groups in total. The summed E-state index contributed by atoms with van der Waals surface area (Å²) in [5.74, 6) is -1.84. The molecule has 0 bridgehead atoms. The second-order valence-corrected chi connectivity index (χ2v) is 6.56. The van der Waals surface area contributed by atoms with Gasteiger partial charge >= 0.3 is 0 Å². The Morgan fingerprint density at radius 3 is 2.86 bits per heavy atom. The van der Waals surface area contributed by atoms with Gasteiger partial charge in [-0.25, -0.2) is 13.8 Å². The molecule has 0 radical (unpaired) electrons. The molecule has 0 spiro atoms. The summed E-state index contributed by atoms with van der Waals surface area (Å²) in [5.41, 5.74) is 0.431. The van der Waals surface area contributed by atoms with Crippen molar-refractivity contribution >= 4 is 11.8 Å². The van der Waals surface area contributed by atoms with Crippen LogP contribution in [0, 0.1) is 11.6 Å². The molecule has 0 amide bonds. The van der Waals surface area contributed by atoms with Gasteiger partial charge in [-0.15, -0.1) is 18.3 Å². The average molecular weight is 308 g/mol. The third kappa shape index (κ3) is 2.38. The van der Waals surface area contributed by atoms with Crippen LogP contribution in [0.2, 0.25) is 0 Å². The van der Waals surface area contributed by atoms with E-state index in [4.69, 9.17) is 0 Å². The van der Waals surface area contributed by atoms with Crippen molar-refractivity contribution in [2.45, 2.75) is 28.7 Å². The zero-order valence-electron chi connectivity index (χ0n) is 11.2. The molecule has 3 nitrogen and oxygen atoms in total. The molecule has 2 aromatic rings. The Bertz CT molecular complexity index is 675. The lowest BCUT2D eigenvalue weighted by Gasteiger charge is -2.31. The smallest absolute Gasteiger partial charge is 0.159 e. The number of rotatable bonds is 4. The molecule has 0 fully saturated rings. The number of aromatic nitrogens is 2. The van der Waals surface area contributed by atoms with Crippen LogP contribution in [0.15, 0.2) is 48.4 Å². The second kappa shape index (κ2) is 5.27. The monoisotopic (exact) mass is 308 g/mol. The Hall–Kier alpha value is -1.66. The lowest BCUT2D eigenvalue weighted by molar-refractivity contribution is 0.123. The zero-order chi connectivity index (χ0) is 15.0. The first-order valence-corrected chi connectivity index (χ1v) is 7.30. The van der Waals surface area contributed by atoms with E-state index in [1.807, 2.05) is 4.57 Å². The number of benzene rings is 1. The van der Waals surface area contributed by atoms with E-state index in [1.54, 1.807) is 24.8 Å². The SMILES string of the molecule is C=CCC1(Cn2ccnc2)Sc2cc(F)c(F)cc2C1O. The number of fused-ring (bicyclic) bond motifs is 1. The topological polar surface area (TPSA) is 38.0 Å². The number of nitrogens with zero attached hydrogens (tertiary/aromatic N) is 2. The van der Waals surface area contributed by atoms with Gasteiger partial charge in [0.2, 0.25) is 0 Å². The highest BCUT2D eigenvalue weighted by molar-refractivity contribution is 8.01. The molecular formula is C15H14F2N2OS. The summed E-state index contributed by atoms with van der Waals surface area (Å²) in [7, 11) is 0. The van der Waals surface area contributed by atoms with Gasteiger partial charge in [0, 0.05) is 23.8 Å². The predicted molar refractivity (Wildman–Crippen MR) is 76.9 cm³/mol. The first kappa shape index (κ1) is 14.3. The number of imidazole rings is 1. The number of hydrogen-bond acceptors (Lipinski definition) is 3. The minimum Gasteiger partial charge on any atom is -0.387 e. The molecule has 3 rings (SSSR count). The zero-order valence-corrected chi connectivity index (χ0v) is 12.0.